The van der Waals surface area contributed by atoms with E-state index in [-0.39, 0.29) is 5.91 Å². The van der Waals surface area contributed by atoms with Crippen molar-refractivity contribution < 1.29 is 13.9 Å². The monoisotopic (exact) mass is 454 g/mol. The van der Waals surface area contributed by atoms with Gasteiger partial charge in [0.15, 0.2) is 5.16 Å². The number of ether oxygens (including phenoxy) is 1. The zero-order valence-electron chi connectivity index (χ0n) is 16.6. The number of benzene rings is 2. The second-order valence-corrected chi connectivity index (χ2v) is 8.05. The molecule has 0 spiro atoms. The van der Waals surface area contributed by atoms with Crippen molar-refractivity contribution in [1.82, 2.24) is 14.8 Å². The number of carbonyl (C=O) groups excluding carboxylic acids is 1. The number of anilines is 1. The van der Waals surface area contributed by atoms with Gasteiger partial charge in [-0.3, -0.25) is 4.79 Å². The molecule has 0 saturated carbocycles. The summed E-state index contributed by atoms with van der Waals surface area (Å²) in [7, 11) is 1.54. The van der Waals surface area contributed by atoms with E-state index < -0.39 is 5.25 Å². The first-order chi connectivity index (χ1) is 15.1. The Morgan fingerprint density at radius 1 is 1.23 bits per heavy atom. The zero-order valence-corrected chi connectivity index (χ0v) is 18.1. The summed E-state index contributed by atoms with van der Waals surface area (Å²) < 4.78 is 12.4. The number of hydrogen-bond donors (Lipinski definition) is 1. The molecule has 4 aromatic rings. The molecule has 7 nitrogen and oxygen atoms in total. The molecule has 31 heavy (non-hydrogen) atoms. The molecule has 0 bridgehead atoms. The van der Waals surface area contributed by atoms with E-state index in [1.165, 1.54) is 11.8 Å². The third-order valence-corrected chi connectivity index (χ3v) is 6.01. The minimum absolute atomic E-state index is 0.204. The molecule has 2 aromatic heterocycles. The quantitative estimate of drug-likeness (QED) is 0.375. The van der Waals surface area contributed by atoms with Crippen LogP contribution < -0.4 is 10.1 Å². The summed E-state index contributed by atoms with van der Waals surface area (Å²) in [5, 5.41) is 11.6. The highest BCUT2D eigenvalue weighted by Gasteiger charge is 2.25. The molecule has 1 unspecified atom stereocenters. The molecule has 0 saturated heterocycles. The Morgan fingerprint density at radius 2 is 2.06 bits per heavy atom. The van der Waals surface area contributed by atoms with Crippen LogP contribution >= 0.6 is 23.4 Å². The molecule has 0 radical (unpaired) electrons. The molecule has 4 rings (SSSR count). The van der Waals surface area contributed by atoms with Gasteiger partial charge in [0.1, 0.15) is 23.1 Å². The number of rotatable bonds is 8. The van der Waals surface area contributed by atoms with E-state index in [1.807, 2.05) is 47.0 Å². The van der Waals surface area contributed by atoms with Gasteiger partial charge < -0.3 is 19.0 Å². The Balaban J connectivity index is 1.58. The highest BCUT2D eigenvalue weighted by atomic mass is 35.5. The summed E-state index contributed by atoms with van der Waals surface area (Å²) in [6, 6.07) is 18.3. The SMILES string of the molecule is COc1ccc(NC(=O)C(Sc2nncn2Cc2ccco2)c2ccccc2)cc1Cl. The smallest absolute Gasteiger partial charge is 0.242 e. The lowest BCUT2D eigenvalue weighted by molar-refractivity contribution is -0.115. The molecule has 158 valence electrons. The van der Waals surface area contributed by atoms with E-state index in [9.17, 15) is 4.79 Å². The number of carbonyl (C=O) groups is 1. The van der Waals surface area contributed by atoms with E-state index in [4.69, 9.17) is 20.8 Å². The van der Waals surface area contributed by atoms with Gasteiger partial charge in [-0.25, -0.2) is 0 Å². The van der Waals surface area contributed by atoms with E-state index in [0.717, 1.165) is 11.3 Å². The van der Waals surface area contributed by atoms with Crippen LogP contribution in [0.15, 0.2) is 82.8 Å². The average Bonchev–Trinajstić information content (AvgIpc) is 3.45. The average molecular weight is 455 g/mol. The fraction of sp³-hybridized carbons (Fsp3) is 0.136. The normalized spacial score (nSPS) is 11.8. The first kappa shape index (κ1) is 21.0. The van der Waals surface area contributed by atoms with E-state index >= 15 is 0 Å². The van der Waals surface area contributed by atoms with E-state index in [2.05, 4.69) is 15.5 Å². The lowest BCUT2D eigenvalue weighted by Gasteiger charge is -2.17. The largest absolute Gasteiger partial charge is 0.495 e. The van der Waals surface area contributed by atoms with Gasteiger partial charge in [0, 0.05) is 5.69 Å². The van der Waals surface area contributed by atoms with Crippen molar-refractivity contribution in [3.63, 3.8) is 0 Å². The van der Waals surface area contributed by atoms with Crippen LogP contribution in [-0.4, -0.2) is 27.8 Å². The maximum absolute atomic E-state index is 13.3. The molecule has 0 aliphatic rings. The van der Waals surface area contributed by atoms with Gasteiger partial charge in [-0.1, -0.05) is 53.7 Å². The van der Waals surface area contributed by atoms with E-state index in [0.29, 0.717) is 28.2 Å². The van der Waals surface area contributed by atoms with Crippen LogP contribution in [0, 0.1) is 0 Å². The van der Waals surface area contributed by atoms with Gasteiger partial charge in [0.2, 0.25) is 5.91 Å². The van der Waals surface area contributed by atoms with Crippen LogP contribution in [0.1, 0.15) is 16.6 Å². The molecule has 2 aromatic carbocycles. The molecular formula is C22H19ClN4O3S. The van der Waals surface area contributed by atoms with Crippen molar-refractivity contribution in [2.24, 2.45) is 0 Å². The number of amides is 1. The van der Waals surface area contributed by atoms with Gasteiger partial charge in [0.05, 0.1) is 24.9 Å². The molecule has 1 N–H and O–H groups in total. The Morgan fingerprint density at radius 3 is 2.77 bits per heavy atom. The lowest BCUT2D eigenvalue weighted by Crippen LogP contribution is -2.19. The number of thioether (sulfide) groups is 1. The third kappa shape index (κ3) is 5.10. The van der Waals surface area contributed by atoms with Gasteiger partial charge in [0.25, 0.3) is 0 Å². The molecular weight excluding hydrogens is 436 g/mol. The number of halogens is 1. The minimum atomic E-state index is -0.554. The van der Waals surface area contributed by atoms with Gasteiger partial charge in [-0.15, -0.1) is 10.2 Å². The summed E-state index contributed by atoms with van der Waals surface area (Å²) >= 11 is 7.52. The predicted octanol–water partition coefficient (Wildman–Crippen LogP) is 5.05. The zero-order chi connectivity index (χ0) is 21.6. The summed E-state index contributed by atoms with van der Waals surface area (Å²) in [6.45, 7) is 0.472. The fourth-order valence-electron chi connectivity index (χ4n) is 2.97. The molecule has 2 heterocycles. The standard InChI is InChI=1S/C22H19ClN4O3S/c1-29-19-10-9-16(12-18(19)23)25-21(28)20(15-6-3-2-4-7-15)31-22-26-24-14-27(22)13-17-8-5-11-30-17/h2-12,14,20H,13H2,1H3,(H,25,28). The predicted molar refractivity (Wildman–Crippen MR) is 120 cm³/mol. The summed E-state index contributed by atoms with van der Waals surface area (Å²) in [6.07, 6.45) is 3.24. The Labute approximate surface area is 188 Å². The van der Waals surface area contributed by atoms with Crippen LogP contribution in [0.25, 0.3) is 0 Å². The van der Waals surface area contributed by atoms with Crippen molar-refractivity contribution >= 4 is 35.0 Å². The Kier molecular flexibility index (Phi) is 6.59. The van der Waals surface area contributed by atoms with Crippen LogP contribution in [0.3, 0.4) is 0 Å². The van der Waals surface area contributed by atoms with Gasteiger partial charge in [-0.05, 0) is 35.9 Å². The minimum Gasteiger partial charge on any atom is -0.495 e. The third-order valence-electron chi connectivity index (χ3n) is 4.47. The van der Waals surface area contributed by atoms with Crippen LogP contribution in [0.4, 0.5) is 5.69 Å². The maximum Gasteiger partial charge on any atom is 0.242 e. The first-order valence-electron chi connectivity index (χ1n) is 9.40. The van der Waals surface area contributed by atoms with Crippen LogP contribution in [0.5, 0.6) is 5.75 Å². The van der Waals surface area contributed by atoms with Crippen molar-refractivity contribution in [2.45, 2.75) is 17.0 Å². The van der Waals surface area contributed by atoms with Crippen molar-refractivity contribution in [3.05, 3.63) is 89.6 Å². The fourth-order valence-corrected chi connectivity index (χ4v) is 4.24. The second kappa shape index (κ2) is 9.72. The Hall–Kier alpha value is -3.23. The van der Waals surface area contributed by atoms with Gasteiger partial charge >= 0.3 is 0 Å². The number of aromatic nitrogens is 3. The molecule has 1 atom stereocenters. The number of hydrogen-bond acceptors (Lipinski definition) is 6. The van der Waals surface area contributed by atoms with Crippen LogP contribution in [0.2, 0.25) is 5.02 Å². The lowest BCUT2D eigenvalue weighted by atomic mass is 10.1. The van der Waals surface area contributed by atoms with E-state index in [1.54, 1.807) is 37.9 Å². The number of methoxy groups -OCH3 is 1. The van der Waals surface area contributed by atoms with Gasteiger partial charge in [-0.2, -0.15) is 0 Å². The van der Waals surface area contributed by atoms with Crippen molar-refractivity contribution in [3.8, 4) is 5.75 Å². The molecule has 1 amide bonds. The van der Waals surface area contributed by atoms with Crippen molar-refractivity contribution in [2.75, 3.05) is 12.4 Å². The second-order valence-electron chi connectivity index (χ2n) is 6.57. The molecule has 0 fully saturated rings. The maximum atomic E-state index is 13.3. The molecule has 0 aliphatic heterocycles. The highest BCUT2D eigenvalue weighted by molar-refractivity contribution is 8.00. The number of nitrogens with one attached hydrogen (secondary N) is 1. The highest BCUT2D eigenvalue weighted by Crippen LogP contribution is 2.36. The van der Waals surface area contributed by atoms with Crippen LogP contribution in [-0.2, 0) is 11.3 Å². The molecule has 0 aliphatic carbocycles. The van der Waals surface area contributed by atoms with Crippen molar-refractivity contribution in [1.29, 1.82) is 0 Å². The molecule has 9 heteroatoms. The topological polar surface area (TPSA) is 82.2 Å². The Bertz CT molecular complexity index is 1150. The summed E-state index contributed by atoms with van der Waals surface area (Å²) in [4.78, 5) is 13.3. The first-order valence-corrected chi connectivity index (χ1v) is 10.7. The summed E-state index contributed by atoms with van der Waals surface area (Å²) in [5.41, 5.74) is 1.42. The number of furan rings is 1. The summed E-state index contributed by atoms with van der Waals surface area (Å²) in [5.74, 6) is 1.11. The number of nitrogens with zero attached hydrogens (tertiary/aromatic N) is 3.